The Hall–Kier alpha value is -0.900. The second-order valence-corrected chi connectivity index (χ2v) is 1.97. The highest BCUT2D eigenvalue weighted by Gasteiger charge is 2.12. The maximum absolute atomic E-state index is 10.3. The van der Waals surface area contributed by atoms with Crippen molar-refractivity contribution >= 4 is 12.7 Å². The lowest BCUT2D eigenvalue weighted by molar-refractivity contribution is -0.138. The highest BCUT2D eigenvalue weighted by molar-refractivity contribution is 5.74. The molecule has 3 N–H and O–H groups in total. The Morgan fingerprint density at radius 3 is 2.70 bits per heavy atom. The van der Waals surface area contributed by atoms with Gasteiger partial charge in [0, 0.05) is 0 Å². The van der Waals surface area contributed by atoms with E-state index in [1.54, 1.807) is 0 Å². The molecule has 0 unspecified atom stereocenters. The number of aliphatic carboxylic acids is 1. The second-order valence-electron chi connectivity index (χ2n) is 1.97. The molecule has 0 saturated heterocycles. The van der Waals surface area contributed by atoms with Crippen LogP contribution in [0.25, 0.3) is 0 Å². The lowest BCUT2D eigenvalue weighted by Gasteiger charge is -2.03. The molecule has 0 aromatic carbocycles. The van der Waals surface area contributed by atoms with Gasteiger partial charge in [0.1, 0.15) is 6.04 Å². The van der Waals surface area contributed by atoms with E-state index in [-0.39, 0.29) is 0 Å². The fraction of sp³-hybridized carbons (Fsp3) is 0.667. The van der Waals surface area contributed by atoms with Gasteiger partial charge in [-0.1, -0.05) is 0 Å². The van der Waals surface area contributed by atoms with Gasteiger partial charge in [-0.25, -0.2) is 4.79 Å². The van der Waals surface area contributed by atoms with Crippen molar-refractivity contribution < 1.29 is 9.90 Å². The summed E-state index contributed by atoms with van der Waals surface area (Å²) in [6.07, 6.45) is 1.16. The van der Waals surface area contributed by atoms with Crippen LogP contribution in [0.1, 0.15) is 12.8 Å². The number of hydrogen-bond donors (Lipinski definition) is 2. The van der Waals surface area contributed by atoms with Gasteiger partial charge >= 0.3 is 5.97 Å². The van der Waals surface area contributed by atoms with Gasteiger partial charge in [0.05, 0.1) is 0 Å². The molecular formula is C6H12N2O2. The standard InChI is InChI=1S/C6H12N2O2/c1-8-5(6(9)10)3-2-4-7/h5H,1-4,7H2,(H,9,10)/t5-/m0/s1. The molecule has 0 aliphatic rings. The molecule has 4 nitrogen and oxygen atoms in total. The SMILES string of the molecule is C=N[C@@H](CCCN)C(=O)O. The summed E-state index contributed by atoms with van der Waals surface area (Å²) in [5.74, 6) is -0.927. The molecule has 0 aliphatic heterocycles. The van der Waals surface area contributed by atoms with Gasteiger partial charge in [0.2, 0.25) is 0 Å². The van der Waals surface area contributed by atoms with Gasteiger partial charge in [-0.05, 0) is 26.1 Å². The quantitative estimate of drug-likeness (QED) is 0.528. The van der Waals surface area contributed by atoms with Crippen molar-refractivity contribution in [3.8, 4) is 0 Å². The molecule has 0 saturated carbocycles. The number of hydrogen-bond acceptors (Lipinski definition) is 3. The van der Waals surface area contributed by atoms with Crippen LogP contribution in [0.3, 0.4) is 0 Å². The molecule has 0 bridgehead atoms. The maximum Gasteiger partial charge on any atom is 0.328 e. The number of rotatable bonds is 5. The molecule has 10 heavy (non-hydrogen) atoms. The van der Waals surface area contributed by atoms with Gasteiger partial charge in [-0.15, -0.1) is 0 Å². The van der Waals surface area contributed by atoms with Gasteiger partial charge < -0.3 is 10.8 Å². The van der Waals surface area contributed by atoms with Crippen LogP contribution < -0.4 is 5.73 Å². The van der Waals surface area contributed by atoms with Crippen molar-refractivity contribution in [1.82, 2.24) is 0 Å². The number of nitrogens with zero attached hydrogens (tertiary/aromatic N) is 1. The summed E-state index contributed by atoms with van der Waals surface area (Å²) in [7, 11) is 0. The summed E-state index contributed by atoms with van der Waals surface area (Å²) in [6.45, 7) is 3.66. The summed E-state index contributed by atoms with van der Waals surface area (Å²) in [4.78, 5) is 13.7. The molecule has 0 fully saturated rings. The van der Waals surface area contributed by atoms with Crippen LogP contribution in [0.15, 0.2) is 4.99 Å². The summed E-state index contributed by atoms with van der Waals surface area (Å²) < 4.78 is 0. The molecule has 0 amide bonds. The summed E-state index contributed by atoms with van der Waals surface area (Å²) in [6, 6.07) is -0.677. The van der Waals surface area contributed by atoms with Crippen LogP contribution in [0.4, 0.5) is 0 Å². The largest absolute Gasteiger partial charge is 0.480 e. The Balaban J connectivity index is 3.60. The predicted molar refractivity (Wildman–Crippen MR) is 39.3 cm³/mol. The van der Waals surface area contributed by atoms with E-state index < -0.39 is 12.0 Å². The molecule has 0 heterocycles. The smallest absolute Gasteiger partial charge is 0.328 e. The normalized spacial score (nSPS) is 12.5. The van der Waals surface area contributed by atoms with Crippen LogP contribution in [-0.2, 0) is 4.79 Å². The number of aliphatic imine (C=N–C) groups is 1. The summed E-state index contributed by atoms with van der Waals surface area (Å²) >= 11 is 0. The van der Waals surface area contributed by atoms with Gasteiger partial charge in [0.15, 0.2) is 0 Å². The zero-order valence-electron chi connectivity index (χ0n) is 5.79. The Morgan fingerprint density at radius 2 is 2.40 bits per heavy atom. The van der Waals surface area contributed by atoms with Crippen LogP contribution in [0.2, 0.25) is 0 Å². The molecule has 0 spiro atoms. The first-order valence-corrected chi connectivity index (χ1v) is 3.11. The fourth-order valence-corrected chi connectivity index (χ4v) is 0.604. The van der Waals surface area contributed by atoms with E-state index in [1.165, 1.54) is 0 Å². The molecule has 0 radical (unpaired) electrons. The van der Waals surface area contributed by atoms with E-state index in [0.29, 0.717) is 19.4 Å². The van der Waals surface area contributed by atoms with E-state index in [4.69, 9.17) is 10.8 Å². The van der Waals surface area contributed by atoms with E-state index in [0.717, 1.165) is 0 Å². The molecule has 4 heteroatoms. The van der Waals surface area contributed by atoms with E-state index in [2.05, 4.69) is 11.7 Å². The molecule has 0 rings (SSSR count). The van der Waals surface area contributed by atoms with E-state index in [1.807, 2.05) is 0 Å². The van der Waals surface area contributed by atoms with E-state index >= 15 is 0 Å². The number of carboxylic acid groups (broad SMARTS) is 1. The third kappa shape index (κ3) is 3.19. The van der Waals surface area contributed by atoms with Crippen molar-refractivity contribution in [3.63, 3.8) is 0 Å². The molecular weight excluding hydrogens is 132 g/mol. The minimum Gasteiger partial charge on any atom is -0.480 e. The summed E-state index contributed by atoms with van der Waals surface area (Å²) in [5.41, 5.74) is 5.18. The van der Waals surface area contributed by atoms with Gasteiger partial charge in [-0.3, -0.25) is 4.99 Å². The van der Waals surface area contributed by atoms with Crippen LogP contribution in [-0.4, -0.2) is 30.4 Å². The highest BCUT2D eigenvalue weighted by atomic mass is 16.4. The minimum absolute atomic E-state index is 0.481. The van der Waals surface area contributed by atoms with Crippen molar-refractivity contribution in [2.24, 2.45) is 10.7 Å². The predicted octanol–water partition coefficient (Wildman–Crippen LogP) is -0.121. The number of carbonyl (C=O) groups is 1. The van der Waals surface area contributed by atoms with Crippen molar-refractivity contribution in [2.45, 2.75) is 18.9 Å². The Bertz CT molecular complexity index is 125. The zero-order chi connectivity index (χ0) is 7.98. The monoisotopic (exact) mass is 144 g/mol. The van der Waals surface area contributed by atoms with E-state index in [9.17, 15) is 4.79 Å². The van der Waals surface area contributed by atoms with Crippen molar-refractivity contribution in [3.05, 3.63) is 0 Å². The lowest BCUT2D eigenvalue weighted by Crippen LogP contribution is -2.18. The zero-order valence-corrected chi connectivity index (χ0v) is 5.79. The minimum atomic E-state index is -0.927. The lowest BCUT2D eigenvalue weighted by atomic mass is 10.2. The molecule has 58 valence electrons. The first-order chi connectivity index (χ1) is 4.72. The van der Waals surface area contributed by atoms with Crippen LogP contribution in [0.5, 0.6) is 0 Å². The fourth-order valence-electron chi connectivity index (χ4n) is 0.604. The highest BCUT2D eigenvalue weighted by Crippen LogP contribution is 1.99. The Morgan fingerprint density at radius 1 is 1.80 bits per heavy atom. The molecule has 0 aromatic rings. The first kappa shape index (κ1) is 9.10. The molecule has 0 aliphatic carbocycles. The van der Waals surface area contributed by atoms with Crippen molar-refractivity contribution in [2.75, 3.05) is 6.54 Å². The van der Waals surface area contributed by atoms with Gasteiger partial charge in [-0.2, -0.15) is 0 Å². The number of nitrogens with two attached hydrogens (primary N) is 1. The average molecular weight is 144 g/mol. The number of carboxylic acids is 1. The molecule has 0 aromatic heterocycles. The Kier molecular flexibility index (Phi) is 4.49. The van der Waals surface area contributed by atoms with Crippen LogP contribution in [0, 0.1) is 0 Å². The summed E-state index contributed by atoms with van der Waals surface area (Å²) in [5, 5.41) is 8.43. The van der Waals surface area contributed by atoms with Crippen LogP contribution >= 0.6 is 0 Å². The van der Waals surface area contributed by atoms with Crippen molar-refractivity contribution in [1.29, 1.82) is 0 Å². The van der Waals surface area contributed by atoms with Gasteiger partial charge in [0.25, 0.3) is 0 Å². The average Bonchev–Trinajstić information content (AvgIpc) is 1.89. The topological polar surface area (TPSA) is 75.7 Å². The third-order valence-electron chi connectivity index (χ3n) is 1.19. The Labute approximate surface area is 59.8 Å². The molecule has 1 atom stereocenters. The maximum atomic E-state index is 10.3. The third-order valence-corrected chi connectivity index (χ3v) is 1.19. The first-order valence-electron chi connectivity index (χ1n) is 3.11. The second kappa shape index (κ2) is 4.93.